The molecule has 0 aliphatic carbocycles. The Morgan fingerprint density at radius 3 is 2.35 bits per heavy atom. The lowest BCUT2D eigenvalue weighted by atomic mass is 9.93. The third-order valence-corrected chi connectivity index (χ3v) is 5.94. The standard InChI is InChI=1S/C26H28N2O3/c1-20(21-9-11-22(12-10-21)23-13-14-25(29)27(2)17-23)28-16-15-26(18-30-3,31-19-28)24-7-5-4-6-8-24/h4-17,20H,18-19H2,1-3H3/t20-,26?/m0/s1. The topological polar surface area (TPSA) is 43.7 Å². The Morgan fingerprint density at radius 1 is 1.03 bits per heavy atom. The van der Waals surface area contributed by atoms with Crippen molar-refractivity contribution in [1.29, 1.82) is 0 Å². The molecule has 0 spiro atoms. The minimum atomic E-state index is -0.570. The van der Waals surface area contributed by atoms with Gasteiger partial charge in [0.1, 0.15) is 12.3 Å². The number of rotatable bonds is 6. The fraction of sp³-hybridized carbons (Fsp3) is 0.269. The summed E-state index contributed by atoms with van der Waals surface area (Å²) in [4.78, 5) is 13.8. The first-order valence-electron chi connectivity index (χ1n) is 10.4. The molecule has 0 N–H and O–H groups in total. The number of benzene rings is 2. The molecule has 1 unspecified atom stereocenters. The van der Waals surface area contributed by atoms with Crippen molar-refractivity contribution in [2.45, 2.75) is 18.6 Å². The molecule has 0 saturated carbocycles. The van der Waals surface area contributed by atoms with Crippen LogP contribution in [-0.2, 0) is 22.1 Å². The van der Waals surface area contributed by atoms with E-state index in [0.717, 1.165) is 16.7 Å². The number of aromatic nitrogens is 1. The van der Waals surface area contributed by atoms with Crippen LogP contribution in [0.2, 0.25) is 0 Å². The SMILES string of the molecule is COCC1(c2ccccc2)C=CN([C@@H](C)c2ccc(-c3ccc(=O)n(C)c3)cc2)CO1. The zero-order valence-corrected chi connectivity index (χ0v) is 18.2. The van der Waals surface area contributed by atoms with E-state index in [0.29, 0.717) is 13.3 Å². The van der Waals surface area contributed by atoms with Gasteiger partial charge in [0.15, 0.2) is 0 Å². The Bertz CT molecular complexity index is 1110. The fourth-order valence-corrected chi connectivity index (χ4v) is 3.94. The minimum absolute atomic E-state index is 0.00840. The molecule has 1 aliphatic heterocycles. The Kier molecular flexibility index (Phi) is 6.07. The van der Waals surface area contributed by atoms with Gasteiger partial charge in [-0.25, -0.2) is 0 Å². The molecule has 3 aromatic rings. The smallest absolute Gasteiger partial charge is 0.250 e. The molecule has 1 aliphatic rings. The second-order valence-electron chi connectivity index (χ2n) is 7.96. The molecular formula is C26H28N2O3. The zero-order valence-electron chi connectivity index (χ0n) is 18.2. The molecule has 2 atom stereocenters. The lowest BCUT2D eigenvalue weighted by Crippen LogP contribution is -2.41. The van der Waals surface area contributed by atoms with E-state index in [4.69, 9.17) is 9.47 Å². The molecular weight excluding hydrogens is 388 g/mol. The molecule has 1 aromatic heterocycles. The van der Waals surface area contributed by atoms with Gasteiger partial charge in [-0.05, 0) is 41.3 Å². The van der Waals surface area contributed by atoms with Crippen molar-refractivity contribution in [2.75, 3.05) is 20.4 Å². The summed E-state index contributed by atoms with van der Waals surface area (Å²) in [5.74, 6) is 0. The van der Waals surface area contributed by atoms with E-state index in [1.165, 1.54) is 5.56 Å². The van der Waals surface area contributed by atoms with E-state index in [1.54, 1.807) is 24.8 Å². The molecule has 31 heavy (non-hydrogen) atoms. The molecule has 2 aromatic carbocycles. The van der Waals surface area contributed by atoms with Crippen molar-refractivity contribution in [1.82, 2.24) is 9.47 Å². The highest BCUT2D eigenvalue weighted by Gasteiger charge is 2.34. The summed E-state index contributed by atoms with van der Waals surface area (Å²) in [5, 5.41) is 0. The maximum Gasteiger partial charge on any atom is 0.250 e. The average molecular weight is 417 g/mol. The van der Waals surface area contributed by atoms with Crippen LogP contribution in [0.3, 0.4) is 0 Å². The number of methoxy groups -OCH3 is 1. The van der Waals surface area contributed by atoms with Crippen LogP contribution in [0.1, 0.15) is 24.1 Å². The van der Waals surface area contributed by atoms with Crippen LogP contribution in [0.25, 0.3) is 11.1 Å². The maximum atomic E-state index is 11.6. The van der Waals surface area contributed by atoms with Crippen LogP contribution >= 0.6 is 0 Å². The van der Waals surface area contributed by atoms with Gasteiger partial charge in [-0.15, -0.1) is 0 Å². The van der Waals surface area contributed by atoms with Crippen molar-refractivity contribution in [3.8, 4) is 11.1 Å². The minimum Gasteiger partial charge on any atom is -0.381 e. The van der Waals surface area contributed by atoms with E-state index < -0.39 is 5.60 Å². The number of ether oxygens (including phenoxy) is 2. The lowest BCUT2D eigenvalue weighted by Gasteiger charge is -2.40. The summed E-state index contributed by atoms with van der Waals surface area (Å²) >= 11 is 0. The zero-order chi connectivity index (χ0) is 21.8. The van der Waals surface area contributed by atoms with Crippen LogP contribution in [0.15, 0.2) is 90.0 Å². The van der Waals surface area contributed by atoms with Crippen molar-refractivity contribution < 1.29 is 9.47 Å². The summed E-state index contributed by atoms with van der Waals surface area (Å²) < 4.78 is 13.4. The molecule has 0 radical (unpaired) electrons. The molecule has 0 saturated heterocycles. The van der Waals surface area contributed by atoms with Crippen LogP contribution in [0.4, 0.5) is 0 Å². The van der Waals surface area contributed by atoms with E-state index in [9.17, 15) is 4.79 Å². The monoisotopic (exact) mass is 416 g/mol. The first kappa shape index (κ1) is 21.1. The van der Waals surface area contributed by atoms with Gasteiger partial charge in [0.25, 0.3) is 0 Å². The molecule has 160 valence electrons. The second kappa shape index (κ2) is 8.92. The van der Waals surface area contributed by atoms with Crippen molar-refractivity contribution in [3.63, 3.8) is 0 Å². The van der Waals surface area contributed by atoms with Gasteiger partial charge in [0, 0.05) is 32.6 Å². The van der Waals surface area contributed by atoms with Crippen molar-refractivity contribution >= 4 is 0 Å². The molecule has 5 heteroatoms. The van der Waals surface area contributed by atoms with Gasteiger partial charge in [0.05, 0.1) is 12.6 Å². The summed E-state index contributed by atoms with van der Waals surface area (Å²) in [6.45, 7) is 3.10. The van der Waals surface area contributed by atoms with Crippen molar-refractivity contribution in [3.05, 3.63) is 107 Å². The summed E-state index contributed by atoms with van der Waals surface area (Å²) in [7, 11) is 3.47. The maximum absolute atomic E-state index is 11.6. The molecule has 0 bridgehead atoms. The highest BCUT2D eigenvalue weighted by molar-refractivity contribution is 5.62. The van der Waals surface area contributed by atoms with Crippen LogP contribution < -0.4 is 5.56 Å². The van der Waals surface area contributed by atoms with Gasteiger partial charge in [0.2, 0.25) is 5.56 Å². The van der Waals surface area contributed by atoms with Crippen LogP contribution in [0.5, 0.6) is 0 Å². The first-order chi connectivity index (χ1) is 15.0. The number of pyridine rings is 1. The Labute approximate surface area is 183 Å². The molecule has 2 heterocycles. The number of hydrogen-bond donors (Lipinski definition) is 0. The summed E-state index contributed by atoms with van der Waals surface area (Å²) in [6.07, 6.45) is 6.06. The van der Waals surface area contributed by atoms with Crippen molar-refractivity contribution in [2.24, 2.45) is 7.05 Å². The van der Waals surface area contributed by atoms with E-state index in [1.807, 2.05) is 30.5 Å². The Hall–Kier alpha value is -3.15. The molecule has 0 fully saturated rings. The number of aryl methyl sites for hydroxylation is 1. The summed E-state index contributed by atoms with van der Waals surface area (Å²) in [6, 6.07) is 22.3. The highest BCUT2D eigenvalue weighted by Crippen LogP contribution is 2.34. The number of nitrogens with zero attached hydrogens (tertiary/aromatic N) is 2. The predicted molar refractivity (Wildman–Crippen MR) is 122 cm³/mol. The van der Waals surface area contributed by atoms with Gasteiger partial charge in [-0.1, -0.05) is 54.6 Å². The largest absolute Gasteiger partial charge is 0.381 e. The summed E-state index contributed by atoms with van der Waals surface area (Å²) in [5.41, 5.74) is 3.81. The lowest BCUT2D eigenvalue weighted by molar-refractivity contribution is -0.112. The van der Waals surface area contributed by atoms with E-state index in [2.05, 4.69) is 60.5 Å². The predicted octanol–water partition coefficient (Wildman–Crippen LogP) is 4.46. The van der Waals surface area contributed by atoms with Crippen LogP contribution in [-0.4, -0.2) is 29.9 Å². The third kappa shape index (κ3) is 4.33. The van der Waals surface area contributed by atoms with Gasteiger partial charge >= 0.3 is 0 Å². The fourth-order valence-electron chi connectivity index (χ4n) is 3.94. The molecule has 4 rings (SSSR count). The van der Waals surface area contributed by atoms with Crippen LogP contribution in [0, 0.1) is 0 Å². The van der Waals surface area contributed by atoms with E-state index in [-0.39, 0.29) is 11.6 Å². The van der Waals surface area contributed by atoms with Gasteiger partial charge < -0.3 is 18.9 Å². The van der Waals surface area contributed by atoms with E-state index >= 15 is 0 Å². The quantitative estimate of drug-likeness (QED) is 0.595. The normalized spacial score (nSPS) is 19.4. The Balaban J connectivity index is 1.52. The highest BCUT2D eigenvalue weighted by atomic mass is 16.5. The third-order valence-electron chi connectivity index (χ3n) is 5.94. The average Bonchev–Trinajstić information content (AvgIpc) is 2.82. The molecule has 0 amide bonds. The molecule has 5 nitrogen and oxygen atoms in total. The van der Waals surface area contributed by atoms with Gasteiger partial charge in [-0.2, -0.15) is 0 Å². The van der Waals surface area contributed by atoms with Gasteiger partial charge in [-0.3, -0.25) is 4.79 Å². The second-order valence-corrected chi connectivity index (χ2v) is 7.96. The Morgan fingerprint density at radius 2 is 1.74 bits per heavy atom. The first-order valence-corrected chi connectivity index (χ1v) is 10.4. The number of hydrogen-bond acceptors (Lipinski definition) is 4.